The van der Waals surface area contributed by atoms with Crippen LogP contribution in [0, 0.1) is 5.41 Å². The highest BCUT2D eigenvalue weighted by Gasteiger charge is 2.41. The fourth-order valence-corrected chi connectivity index (χ4v) is 4.02. The second-order valence-corrected chi connectivity index (χ2v) is 7.30. The van der Waals surface area contributed by atoms with E-state index in [9.17, 15) is 9.59 Å². The van der Waals surface area contributed by atoms with Crippen LogP contribution >= 0.6 is 0 Å². The van der Waals surface area contributed by atoms with Gasteiger partial charge in [0.05, 0.1) is 0 Å². The van der Waals surface area contributed by atoms with Crippen molar-refractivity contribution in [2.75, 3.05) is 26.2 Å². The number of carbonyl (C=O) groups excluding carboxylic acids is 2. The second kappa shape index (κ2) is 7.81. The van der Waals surface area contributed by atoms with Crippen LogP contribution in [0.4, 0.5) is 0 Å². The summed E-state index contributed by atoms with van der Waals surface area (Å²) in [7, 11) is 0. The third-order valence-corrected chi connectivity index (χ3v) is 5.65. The molecular formula is C20H27N3O2. The lowest BCUT2D eigenvalue weighted by Gasteiger charge is -2.47. The van der Waals surface area contributed by atoms with Crippen LogP contribution in [0.25, 0.3) is 0 Å². The number of pyridine rings is 1. The van der Waals surface area contributed by atoms with Crippen LogP contribution in [0.2, 0.25) is 0 Å². The Kier molecular flexibility index (Phi) is 5.51. The summed E-state index contributed by atoms with van der Waals surface area (Å²) in [6, 6.07) is 3.93. The highest BCUT2D eigenvalue weighted by Crippen LogP contribution is 2.40. The van der Waals surface area contributed by atoms with E-state index in [2.05, 4.69) is 11.6 Å². The number of aryl methyl sites for hydroxylation is 1. The molecule has 2 saturated heterocycles. The minimum atomic E-state index is 0.193. The molecule has 3 heterocycles. The van der Waals surface area contributed by atoms with E-state index in [0.717, 1.165) is 50.9 Å². The van der Waals surface area contributed by atoms with Gasteiger partial charge in [-0.3, -0.25) is 14.6 Å². The van der Waals surface area contributed by atoms with Gasteiger partial charge in [-0.1, -0.05) is 6.08 Å². The standard InChI is InChI=1S/C20H27N3O2/c1-2-13-23-16-20(8-5-19(23)25)9-14-22(15-10-20)18(24)4-3-17-6-11-21-12-7-17/h2,6-7,11-12H,1,3-5,8-10,13-16H2. The zero-order chi connectivity index (χ0) is 17.7. The smallest absolute Gasteiger partial charge is 0.222 e. The number of hydrogen-bond acceptors (Lipinski definition) is 3. The number of carbonyl (C=O) groups is 2. The Labute approximate surface area is 149 Å². The summed E-state index contributed by atoms with van der Waals surface area (Å²) in [4.78, 5) is 32.4. The Morgan fingerprint density at radius 1 is 1.24 bits per heavy atom. The topological polar surface area (TPSA) is 53.5 Å². The summed E-state index contributed by atoms with van der Waals surface area (Å²) in [5.41, 5.74) is 1.35. The van der Waals surface area contributed by atoms with Gasteiger partial charge in [0.2, 0.25) is 11.8 Å². The Bertz CT molecular complexity index is 621. The fraction of sp³-hybridized carbons (Fsp3) is 0.550. The largest absolute Gasteiger partial charge is 0.343 e. The van der Waals surface area contributed by atoms with Gasteiger partial charge in [0.15, 0.2) is 0 Å². The number of rotatable bonds is 5. The molecule has 2 aliphatic rings. The predicted molar refractivity (Wildman–Crippen MR) is 96.8 cm³/mol. The molecule has 0 N–H and O–H groups in total. The van der Waals surface area contributed by atoms with Crippen molar-refractivity contribution in [3.63, 3.8) is 0 Å². The molecule has 0 saturated carbocycles. The van der Waals surface area contributed by atoms with Crippen molar-refractivity contribution in [3.05, 3.63) is 42.7 Å². The van der Waals surface area contributed by atoms with E-state index < -0.39 is 0 Å². The first-order valence-electron chi connectivity index (χ1n) is 9.17. The fourth-order valence-electron chi connectivity index (χ4n) is 4.02. The second-order valence-electron chi connectivity index (χ2n) is 7.30. The number of aromatic nitrogens is 1. The van der Waals surface area contributed by atoms with Crippen LogP contribution < -0.4 is 0 Å². The summed E-state index contributed by atoms with van der Waals surface area (Å²) >= 11 is 0. The van der Waals surface area contributed by atoms with Gasteiger partial charge in [-0.2, -0.15) is 0 Å². The van der Waals surface area contributed by atoms with Gasteiger partial charge in [-0.15, -0.1) is 6.58 Å². The first-order chi connectivity index (χ1) is 12.1. The summed E-state index contributed by atoms with van der Waals surface area (Å²) in [6.45, 7) is 6.82. The molecule has 0 unspecified atom stereocenters. The van der Waals surface area contributed by atoms with E-state index in [1.807, 2.05) is 21.9 Å². The van der Waals surface area contributed by atoms with Gasteiger partial charge in [0, 0.05) is 51.4 Å². The van der Waals surface area contributed by atoms with Crippen molar-refractivity contribution in [2.45, 2.75) is 38.5 Å². The van der Waals surface area contributed by atoms with Gasteiger partial charge in [-0.25, -0.2) is 0 Å². The lowest BCUT2D eigenvalue weighted by Crippen LogP contribution is -2.52. The van der Waals surface area contributed by atoms with Crippen molar-refractivity contribution in [1.82, 2.24) is 14.8 Å². The molecule has 5 nitrogen and oxygen atoms in total. The van der Waals surface area contributed by atoms with E-state index in [1.54, 1.807) is 18.5 Å². The molecule has 134 valence electrons. The average molecular weight is 341 g/mol. The van der Waals surface area contributed by atoms with Gasteiger partial charge < -0.3 is 9.80 Å². The number of amides is 2. The molecule has 1 spiro atoms. The average Bonchev–Trinajstić information content (AvgIpc) is 2.65. The molecule has 2 amide bonds. The lowest BCUT2D eigenvalue weighted by molar-refractivity contribution is -0.141. The molecule has 2 aliphatic heterocycles. The Hall–Kier alpha value is -2.17. The molecule has 25 heavy (non-hydrogen) atoms. The third kappa shape index (κ3) is 4.27. The Balaban J connectivity index is 1.50. The van der Waals surface area contributed by atoms with Crippen molar-refractivity contribution >= 4 is 11.8 Å². The lowest BCUT2D eigenvalue weighted by atomic mass is 9.72. The Morgan fingerprint density at radius 2 is 1.96 bits per heavy atom. The normalized spacial score (nSPS) is 19.9. The van der Waals surface area contributed by atoms with Crippen molar-refractivity contribution in [1.29, 1.82) is 0 Å². The van der Waals surface area contributed by atoms with Crippen LogP contribution in [0.1, 0.15) is 37.7 Å². The van der Waals surface area contributed by atoms with E-state index in [-0.39, 0.29) is 17.2 Å². The van der Waals surface area contributed by atoms with Gasteiger partial charge in [-0.05, 0) is 48.8 Å². The Morgan fingerprint density at radius 3 is 2.64 bits per heavy atom. The third-order valence-electron chi connectivity index (χ3n) is 5.65. The summed E-state index contributed by atoms with van der Waals surface area (Å²) in [6.07, 6.45) is 10.2. The molecule has 0 aliphatic carbocycles. The van der Waals surface area contributed by atoms with E-state index in [1.165, 1.54) is 0 Å². The maximum absolute atomic E-state index is 12.5. The molecule has 5 heteroatoms. The van der Waals surface area contributed by atoms with E-state index in [0.29, 0.717) is 19.4 Å². The number of piperidine rings is 2. The van der Waals surface area contributed by atoms with E-state index in [4.69, 9.17) is 0 Å². The van der Waals surface area contributed by atoms with Gasteiger partial charge in [0.25, 0.3) is 0 Å². The van der Waals surface area contributed by atoms with E-state index >= 15 is 0 Å². The zero-order valence-electron chi connectivity index (χ0n) is 14.8. The van der Waals surface area contributed by atoms with Crippen LogP contribution in [-0.4, -0.2) is 52.8 Å². The van der Waals surface area contributed by atoms with Crippen LogP contribution in [0.3, 0.4) is 0 Å². The van der Waals surface area contributed by atoms with Crippen molar-refractivity contribution in [3.8, 4) is 0 Å². The maximum Gasteiger partial charge on any atom is 0.222 e. The van der Waals surface area contributed by atoms with Gasteiger partial charge >= 0.3 is 0 Å². The first-order valence-corrected chi connectivity index (χ1v) is 9.17. The van der Waals surface area contributed by atoms with Gasteiger partial charge in [0.1, 0.15) is 0 Å². The van der Waals surface area contributed by atoms with Crippen LogP contribution in [-0.2, 0) is 16.0 Å². The predicted octanol–water partition coefficient (Wildman–Crippen LogP) is 2.43. The maximum atomic E-state index is 12.5. The highest BCUT2D eigenvalue weighted by atomic mass is 16.2. The molecule has 0 aromatic carbocycles. The SMILES string of the molecule is C=CCN1CC2(CCC1=O)CCN(C(=O)CCc1ccncc1)CC2. The number of nitrogens with zero attached hydrogens (tertiary/aromatic N) is 3. The zero-order valence-corrected chi connectivity index (χ0v) is 14.8. The molecule has 2 fully saturated rings. The molecule has 3 rings (SSSR count). The van der Waals surface area contributed by atoms with Crippen molar-refractivity contribution < 1.29 is 9.59 Å². The monoisotopic (exact) mass is 341 g/mol. The molecule has 0 bridgehead atoms. The number of likely N-dealkylation sites (tertiary alicyclic amines) is 2. The summed E-state index contributed by atoms with van der Waals surface area (Å²) in [5.74, 6) is 0.475. The highest BCUT2D eigenvalue weighted by molar-refractivity contribution is 5.78. The number of hydrogen-bond donors (Lipinski definition) is 0. The first kappa shape index (κ1) is 17.6. The summed E-state index contributed by atoms with van der Waals surface area (Å²) in [5, 5.41) is 0. The minimum absolute atomic E-state index is 0.193. The van der Waals surface area contributed by atoms with Crippen molar-refractivity contribution in [2.24, 2.45) is 5.41 Å². The van der Waals surface area contributed by atoms with Crippen LogP contribution in [0.15, 0.2) is 37.2 Å². The molecule has 0 radical (unpaired) electrons. The molecule has 1 aromatic heterocycles. The molecule has 1 aromatic rings. The van der Waals surface area contributed by atoms with Crippen LogP contribution in [0.5, 0.6) is 0 Å². The minimum Gasteiger partial charge on any atom is -0.343 e. The quantitative estimate of drug-likeness (QED) is 0.773. The molecular weight excluding hydrogens is 314 g/mol. The summed E-state index contributed by atoms with van der Waals surface area (Å²) < 4.78 is 0. The molecule has 0 atom stereocenters.